The summed E-state index contributed by atoms with van der Waals surface area (Å²) in [6.07, 6.45) is 6.79. The molecule has 6 heteroatoms. The summed E-state index contributed by atoms with van der Waals surface area (Å²) < 4.78 is 14.1. The van der Waals surface area contributed by atoms with Gasteiger partial charge in [0.2, 0.25) is 0 Å². The number of carbonyl (C=O) groups is 1. The van der Waals surface area contributed by atoms with Crippen LogP contribution >= 0.6 is 0 Å². The number of pyridine rings is 3. The predicted molar refractivity (Wildman–Crippen MR) is 110 cm³/mol. The third kappa shape index (κ3) is 3.87. The Bertz CT molecular complexity index is 1180. The van der Waals surface area contributed by atoms with Crippen molar-refractivity contribution in [3.05, 3.63) is 96.5 Å². The molecule has 142 valence electrons. The molecule has 4 rings (SSSR count). The van der Waals surface area contributed by atoms with Gasteiger partial charge in [0, 0.05) is 36.8 Å². The molecule has 0 aliphatic carbocycles. The van der Waals surface area contributed by atoms with Gasteiger partial charge in [-0.2, -0.15) is 0 Å². The first kappa shape index (κ1) is 18.4. The van der Waals surface area contributed by atoms with Crippen molar-refractivity contribution < 1.29 is 9.18 Å². The minimum absolute atomic E-state index is 0.0728. The molecule has 3 aromatic heterocycles. The van der Waals surface area contributed by atoms with Crippen molar-refractivity contribution in [3.63, 3.8) is 0 Å². The van der Waals surface area contributed by atoms with Gasteiger partial charge in [0.1, 0.15) is 11.5 Å². The number of rotatable bonds is 5. The molecular weight excluding hydrogens is 367 g/mol. The highest BCUT2D eigenvalue weighted by atomic mass is 19.1. The van der Waals surface area contributed by atoms with E-state index in [1.54, 1.807) is 55.1 Å². The second kappa shape index (κ2) is 7.98. The molecule has 3 heterocycles. The smallest absolute Gasteiger partial charge is 0.187 e. The van der Waals surface area contributed by atoms with Gasteiger partial charge in [0.25, 0.3) is 0 Å². The molecule has 0 atom stereocenters. The Balaban J connectivity index is 1.69. The molecule has 0 saturated heterocycles. The van der Waals surface area contributed by atoms with Crippen molar-refractivity contribution in [1.29, 1.82) is 0 Å². The van der Waals surface area contributed by atoms with E-state index < -0.39 is 5.82 Å². The summed E-state index contributed by atoms with van der Waals surface area (Å²) in [7, 11) is 0. The first-order valence-electron chi connectivity index (χ1n) is 9.01. The van der Waals surface area contributed by atoms with Crippen molar-refractivity contribution in [3.8, 4) is 22.4 Å². The maximum absolute atomic E-state index is 14.1. The minimum Gasteiger partial charge on any atom is -0.397 e. The average Bonchev–Trinajstić information content (AvgIpc) is 2.75. The second-order valence-corrected chi connectivity index (χ2v) is 6.48. The highest BCUT2D eigenvalue weighted by molar-refractivity contribution is 6.01. The quantitative estimate of drug-likeness (QED) is 0.517. The number of benzene rings is 1. The van der Waals surface area contributed by atoms with Crippen LogP contribution in [0.5, 0.6) is 0 Å². The van der Waals surface area contributed by atoms with Gasteiger partial charge < -0.3 is 5.73 Å². The molecule has 0 bridgehead atoms. The van der Waals surface area contributed by atoms with Gasteiger partial charge in [-0.1, -0.05) is 12.1 Å². The molecule has 0 aliphatic heterocycles. The third-order valence-electron chi connectivity index (χ3n) is 4.59. The van der Waals surface area contributed by atoms with Crippen LogP contribution in [0.25, 0.3) is 22.4 Å². The van der Waals surface area contributed by atoms with Crippen LogP contribution in [0.2, 0.25) is 0 Å². The normalized spacial score (nSPS) is 10.7. The maximum Gasteiger partial charge on any atom is 0.187 e. The highest BCUT2D eigenvalue weighted by Gasteiger charge is 2.17. The number of Topliss-reactive ketones (excluding diaryl/α,β-unsaturated/α-hetero) is 1. The molecule has 0 aliphatic rings. The molecule has 2 N–H and O–H groups in total. The van der Waals surface area contributed by atoms with E-state index >= 15 is 0 Å². The van der Waals surface area contributed by atoms with E-state index in [0.717, 1.165) is 16.7 Å². The number of carbonyl (C=O) groups excluding carboxylic acids is 1. The predicted octanol–water partition coefficient (Wildman–Crippen LogP) is 4.35. The van der Waals surface area contributed by atoms with Crippen molar-refractivity contribution in [1.82, 2.24) is 15.0 Å². The van der Waals surface area contributed by atoms with Crippen molar-refractivity contribution in [2.45, 2.75) is 6.42 Å². The number of anilines is 1. The Morgan fingerprint density at radius 2 is 1.66 bits per heavy atom. The van der Waals surface area contributed by atoms with Crippen LogP contribution in [0, 0.1) is 5.82 Å². The molecule has 0 unspecified atom stereocenters. The van der Waals surface area contributed by atoms with Gasteiger partial charge in [-0.25, -0.2) is 9.37 Å². The van der Waals surface area contributed by atoms with E-state index in [9.17, 15) is 9.18 Å². The SMILES string of the molecule is Nc1ccc(-c2ccccc2F)nc1C(=O)Cc1cnccc1-c1ccncc1. The van der Waals surface area contributed by atoms with Crippen LogP contribution < -0.4 is 5.73 Å². The molecule has 1 aromatic carbocycles. The average molecular weight is 384 g/mol. The van der Waals surface area contributed by atoms with Crippen molar-refractivity contribution in [2.75, 3.05) is 5.73 Å². The largest absolute Gasteiger partial charge is 0.397 e. The standard InChI is InChI=1S/C23H17FN4O/c24-19-4-2-1-3-18(19)21-6-5-20(25)23(28-21)22(29)13-16-14-27-12-9-17(16)15-7-10-26-11-8-15/h1-12,14H,13,25H2. The maximum atomic E-state index is 14.1. The number of hydrogen-bond acceptors (Lipinski definition) is 5. The summed E-state index contributed by atoms with van der Waals surface area (Å²) >= 11 is 0. The number of ketones is 1. The lowest BCUT2D eigenvalue weighted by molar-refractivity contribution is 0.0989. The number of aromatic nitrogens is 3. The second-order valence-electron chi connectivity index (χ2n) is 6.48. The Kier molecular flexibility index (Phi) is 5.07. The van der Waals surface area contributed by atoms with Crippen LogP contribution in [0.3, 0.4) is 0 Å². The first-order chi connectivity index (χ1) is 14.1. The third-order valence-corrected chi connectivity index (χ3v) is 4.59. The molecule has 0 radical (unpaired) electrons. The van der Waals surface area contributed by atoms with Gasteiger partial charge in [0.05, 0.1) is 11.4 Å². The lowest BCUT2D eigenvalue weighted by Crippen LogP contribution is -2.11. The molecule has 29 heavy (non-hydrogen) atoms. The van der Waals surface area contributed by atoms with Gasteiger partial charge in [-0.15, -0.1) is 0 Å². The van der Waals surface area contributed by atoms with Crippen LogP contribution in [-0.2, 0) is 6.42 Å². The van der Waals surface area contributed by atoms with E-state index in [-0.39, 0.29) is 23.6 Å². The number of nitrogens with zero attached hydrogens (tertiary/aromatic N) is 3. The molecular formula is C23H17FN4O. The monoisotopic (exact) mass is 384 g/mol. The zero-order chi connectivity index (χ0) is 20.2. The van der Waals surface area contributed by atoms with Gasteiger partial charge in [0.15, 0.2) is 5.78 Å². The Morgan fingerprint density at radius 1 is 0.897 bits per heavy atom. The van der Waals surface area contributed by atoms with Gasteiger partial charge in [-0.05, 0) is 59.2 Å². The van der Waals surface area contributed by atoms with Crippen LogP contribution in [-0.4, -0.2) is 20.7 Å². The Morgan fingerprint density at radius 3 is 2.45 bits per heavy atom. The first-order valence-corrected chi connectivity index (χ1v) is 9.01. The number of halogens is 1. The zero-order valence-corrected chi connectivity index (χ0v) is 15.4. The molecule has 0 fully saturated rings. The zero-order valence-electron chi connectivity index (χ0n) is 15.4. The summed E-state index contributed by atoms with van der Waals surface area (Å²) in [6.45, 7) is 0. The summed E-state index contributed by atoms with van der Waals surface area (Å²) in [5.41, 5.74) is 9.64. The van der Waals surface area contributed by atoms with Crippen LogP contribution in [0.1, 0.15) is 16.1 Å². The minimum atomic E-state index is -0.407. The lowest BCUT2D eigenvalue weighted by Gasteiger charge is -2.11. The molecule has 0 amide bonds. The van der Waals surface area contributed by atoms with Gasteiger partial charge >= 0.3 is 0 Å². The number of hydrogen-bond donors (Lipinski definition) is 1. The summed E-state index contributed by atoms with van der Waals surface area (Å²) in [6, 6.07) is 15.1. The van der Waals surface area contributed by atoms with E-state index in [0.29, 0.717) is 11.3 Å². The van der Waals surface area contributed by atoms with E-state index in [1.165, 1.54) is 6.07 Å². The Hall–Kier alpha value is -3.93. The fourth-order valence-electron chi connectivity index (χ4n) is 3.15. The number of nitrogens with two attached hydrogens (primary N) is 1. The van der Waals surface area contributed by atoms with E-state index in [4.69, 9.17) is 5.73 Å². The summed E-state index contributed by atoms with van der Waals surface area (Å²) in [5.74, 6) is -0.667. The van der Waals surface area contributed by atoms with E-state index in [2.05, 4.69) is 15.0 Å². The van der Waals surface area contributed by atoms with Crippen LogP contribution in [0.4, 0.5) is 10.1 Å². The van der Waals surface area contributed by atoms with Crippen LogP contribution in [0.15, 0.2) is 79.4 Å². The molecule has 0 saturated carbocycles. The number of nitrogen functional groups attached to an aromatic ring is 1. The van der Waals surface area contributed by atoms with E-state index in [1.807, 2.05) is 18.2 Å². The topological polar surface area (TPSA) is 81.8 Å². The summed E-state index contributed by atoms with van der Waals surface area (Å²) in [5, 5.41) is 0. The molecule has 5 nitrogen and oxygen atoms in total. The lowest BCUT2D eigenvalue weighted by atomic mass is 9.97. The van der Waals surface area contributed by atoms with Crippen molar-refractivity contribution >= 4 is 11.5 Å². The summed E-state index contributed by atoms with van der Waals surface area (Å²) in [4.78, 5) is 25.5. The molecule has 4 aromatic rings. The highest BCUT2D eigenvalue weighted by Crippen LogP contribution is 2.26. The van der Waals surface area contributed by atoms with Gasteiger partial charge in [-0.3, -0.25) is 14.8 Å². The van der Waals surface area contributed by atoms with Crippen molar-refractivity contribution in [2.24, 2.45) is 0 Å². The fraction of sp³-hybridized carbons (Fsp3) is 0.0435. The fourth-order valence-corrected chi connectivity index (χ4v) is 3.15. The Labute approximate surface area is 167 Å². The molecule has 0 spiro atoms.